The van der Waals surface area contributed by atoms with Crippen molar-refractivity contribution in [3.63, 3.8) is 0 Å². The molecule has 2 aliphatic rings. The van der Waals surface area contributed by atoms with Gasteiger partial charge in [0.05, 0.1) is 5.60 Å². The molecule has 0 bridgehead atoms. The number of aliphatic hydroxyl groups is 2. The molecule has 0 amide bonds. The average Bonchev–Trinajstić information content (AvgIpc) is 2.56. The Bertz CT molecular complexity index is 825. The van der Waals surface area contributed by atoms with Crippen LogP contribution < -0.4 is 0 Å². The van der Waals surface area contributed by atoms with Gasteiger partial charge in [0, 0.05) is 18.4 Å². The molecule has 0 saturated carbocycles. The largest absolute Gasteiger partial charge is 0.508 e. The maximum atomic E-state index is 11.3. The van der Waals surface area contributed by atoms with Gasteiger partial charge in [0.2, 0.25) is 0 Å². The number of aliphatic hydroxyl groups excluding tert-OH is 1. The van der Waals surface area contributed by atoms with Crippen LogP contribution in [-0.4, -0.2) is 26.0 Å². The van der Waals surface area contributed by atoms with Gasteiger partial charge in [-0.05, 0) is 62.0 Å². The minimum Gasteiger partial charge on any atom is -0.508 e. The van der Waals surface area contributed by atoms with Crippen LogP contribution in [0.15, 0.2) is 65.0 Å². The zero-order valence-corrected chi connectivity index (χ0v) is 15.2. The molecule has 3 rings (SSSR count). The van der Waals surface area contributed by atoms with Crippen molar-refractivity contribution >= 4 is 0 Å². The van der Waals surface area contributed by atoms with Crippen molar-refractivity contribution < 1.29 is 20.4 Å². The highest BCUT2D eigenvalue weighted by atomic mass is 16.3. The molecular weight excluding hydrogens is 328 g/mol. The Morgan fingerprint density at radius 3 is 2.54 bits per heavy atom. The molecule has 0 radical (unpaired) electrons. The Morgan fingerprint density at radius 2 is 1.85 bits per heavy atom. The van der Waals surface area contributed by atoms with Crippen LogP contribution >= 0.6 is 0 Å². The van der Waals surface area contributed by atoms with Gasteiger partial charge in [0.15, 0.2) is 0 Å². The molecule has 0 aliphatic heterocycles. The molecule has 2 atom stereocenters. The Kier molecular flexibility index (Phi) is 4.97. The lowest BCUT2D eigenvalue weighted by Gasteiger charge is -2.38. The second kappa shape index (κ2) is 7.04. The highest BCUT2D eigenvalue weighted by molar-refractivity contribution is 5.45. The highest BCUT2D eigenvalue weighted by Crippen LogP contribution is 2.40. The first-order valence-electron chi connectivity index (χ1n) is 8.98. The van der Waals surface area contributed by atoms with E-state index >= 15 is 0 Å². The van der Waals surface area contributed by atoms with Gasteiger partial charge in [-0.25, -0.2) is 0 Å². The summed E-state index contributed by atoms with van der Waals surface area (Å²) in [4.78, 5) is 0. The van der Waals surface area contributed by atoms with Crippen LogP contribution in [0.2, 0.25) is 0 Å². The van der Waals surface area contributed by atoms with Crippen molar-refractivity contribution in [1.82, 2.24) is 0 Å². The van der Waals surface area contributed by atoms with Crippen molar-refractivity contribution in [2.45, 2.75) is 45.1 Å². The van der Waals surface area contributed by atoms with E-state index in [2.05, 4.69) is 0 Å². The zero-order chi connectivity index (χ0) is 18.9. The third kappa shape index (κ3) is 3.70. The van der Waals surface area contributed by atoms with Gasteiger partial charge >= 0.3 is 0 Å². The monoisotopic (exact) mass is 354 g/mol. The molecule has 1 aromatic rings. The maximum absolute atomic E-state index is 11.3. The van der Waals surface area contributed by atoms with Gasteiger partial charge in [-0.1, -0.05) is 29.9 Å². The minimum atomic E-state index is -1.09. The smallest absolute Gasteiger partial charge is 0.122 e. The Hall–Kier alpha value is -2.46. The molecule has 0 spiro atoms. The molecule has 4 nitrogen and oxygen atoms in total. The molecule has 0 fully saturated rings. The van der Waals surface area contributed by atoms with Crippen LogP contribution in [0.3, 0.4) is 0 Å². The first-order chi connectivity index (χ1) is 12.3. The summed E-state index contributed by atoms with van der Waals surface area (Å²) in [6, 6.07) is 4.51. The van der Waals surface area contributed by atoms with Crippen molar-refractivity contribution in [3.8, 4) is 11.5 Å². The lowest BCUT2D eigenvalue weighted by molar-refractivity contribution is 0.0498. The van der Waals surface area contributed by atoms with Crippen LogP contribution in [-0.2, 0) is 6.42 Å². The number of phenols is 2. The fourth-order valence-electron chi connectivity index (χ4n) is 3.72. The van der Waals surface area contributed by atoms with Crippen molar-refractivity contribution in [2.24, 2.45) is 5.92 Å². The molecule has 26 heavy (non-hydrogen) atoms. The van der Waals surface area contributed by atoms with E-state index in [-0.39, 0.29) is 17.4 Å². The van der Waals surface area contributed by atoms with Gasteiger partial charge in [-0.15, -0.1) is 0 Å². The molecular formula is C22H26O4. The topological polar surface area (TPSA) is 80.9 Å². The Morgan fingerprint density at radius 1 is 1.12 bits per heavy atom. The summed E-state index contributed by atoms with van der Waals surface area (Å²) in [6.07, 6.45) is 10.6. The molecule has 1 aromatic carbocycles. The third-order valence-corrected chi connectivity index (χ3v) is 5.35. The number of benzene rings is 1. The highest BCUT2D eigenvalue weighted by Gasteiger charge is 2.37. The predicted octanol–water partition coefficient (Wildman–Crippen LogP) is 4.45. The van der Waals surface area contributed by atoms with Gasteiger partial charge in [0.25, 0.3) is 0 Å². The molecule has 0 saturated heterocycles. The van der Waals surface area contributed by atoms with E-state index in [0.29, 0.717) is 24.2 Å². The van der Waals surface area contributed by atoms with Gasteiger partial charge in [-0.2, -0.15) is 0 Å². The summed E-state index contributed by atoms with van der Waals surface area (Å²) in [6.45, 7) is 3.78. The van der Waals surface area contributed by atoms with E-state index < -0.39 is 5.60 Å². The number of phenolic OH excluding ortho intramolecular Hbond substituents is 2. The van der Waals surface area contributed by atoms with Crippen LogP contribution in [0, 0.1) is 5.92 Å². The molecule has 1 unspecified atom stereocenters. The van der Waals surface area contributed by atoms with Crippen molar-refractivity contribution in [2.75, 3.05) is 0 Å². The van der Waals surface area contributed by atoms with Crippen molar-refractivity contribution in [1.29, 1.82) is 0 Å². The fourth-order valence-corrected chi connectivity index (χ4v) is 3.72. The summed E-state index contributed by atoms with van der Waals surface area (Å²) < 4.78 is 0. The Labute approximate surface area is 154 Å². The first-order valence-corrected chi connectivity index (χ1v) is 8.98. The van der Waals surface area contributed by atoms with E-state index in [0.717, 1.165) is 29.6 Å². The number of hydrogen-bond acceptors (Lipinski definition) is 4. The molecule has 138 valence electrons. The number of rotatable bonds is 4. The Balaban J connectivity index is 1.86. The summed E-state index contributed by atoms with van der Waals surface area (Å²) in [5, 5.41) is 40.9. The third-order valence-electron chi connectivity index (χ3n) is 5.35. The maximum Gasteiger partial charge on any atom is 0.122 e. The zero-order valence-electron chi connectivity index (χ0n) is 15.2. The number of aromatic hydroxyl groups is 2. The van der Waals surface area contributed by atoms with E-state index in [4.69, 9.17) is 0 Å². The molecule has 0 aromatic heterocycles. The van der Waals surface area contributed by atoms with Gasteiger partial charge in [-0.3, -0.25) is 0 Å². The van der Waals surface area contributed by atoms with Gasteiger partial charge < -0.3 is 20.4 Å². The van der Waals surface area contributed by atoms with Crippen LogP contribution in [0.25, 0.3) is 0 Å². The van der Waals surface area contributed by atoms with Gasteiger partial charge in [0.1, 0.15) is 17.3 Å². The summed E-state index contributed by atoms with van der Waals surface area (Å²) in [5.74, 6) is 0.171. The quantitative estimate of drug-likeness (QED) is 0.644. The van der Waals surface area contributed by atoms with Crippen LogP contribution in [0.4, 0.5) is 0 Å². The SMILES string of the molecule is CC1=CC(CC2=CCCC=C2O)[C@](C)(O)C(Cc2ccc(O)cc2O)=C1. The van der Waals surface area contributed by atoms with Crippen LogP contribution in [0.5, 0.6) is 11.5 Å². The second-order valence-corrected chi connectivity index (χ2v) is 7.42. The predicted molar refractivity (Wildman–Crippen MR) is 102 cm³/mol. The molecule has 0 heterocycles. The van der Waals surface area contributed by atoms with E-state index in [1.807, 2.05) is 31.2 Å². The standard InChI is InChI=1S/C22H26O4/c1-14-9-17(11-15-5-3-4-6-20(15)24)22(2,26)18(10-14)12-16-7-8-19(23)13-21(16)25/h5-10,13,17,23-26H,3-4,11-12H2,1-2H3/t17?,22-/m0/s1. The molecule has 4 N–H and O–H groups in total. The molecule has 4 heteroatoms. The summed E-state index contributed by atoms with van der Waals surface area (Å²) in [7, 11) is 0. The first kappa shape index (κ1) is 18.3. The summed E-state index contributed by atoms with van der Waals surface area (Å²) in [5.41, 5.74) is 2.29. The number of allylic oxidation sites excluding steroid dienone is 5. The lowest BCUT2D eigenvalue weighted by Crippen LogP contribution is -2.39. The fraction of sp³-hybridized carbons (Fsp3) is 0.364. The number of hydrogen-bond donors (Lipinski definition) is 4. The second-order valence-electron chi connectivity index (χ2n) is 7.42. The van der Waals surface area contributed by atoms with E-state index in [1.165, 1.54) is 12.1 Å². The van der Waals surface area contributed by atoms with Crippen molar-refractivity contribution in [3.05, 3.63) is 70.5 Å². The summed E-state index contributed by atoms with van der Waals surface area (Å²) >= 11 is 0. The lowest BCUT2D eigenvalue weighted by atomic mass is 9.72. The molecule has 2 aliphatic carbocycles. The van der Waals surface area contributed by atoms with E-state index in [1.54, 1.807) is 13.0 Å². The normalized spacial score (nSPS) is 25.9. The van der Waals surface area contributed by atoms with E-state index in [9.17, 15) is 20.4 Å². The average molecular weight is 354 g/mol. The minimum absolute atomic E-state index is 0.0103. The van der Waals surface area contributed by atoms with Crippen LogP contribution in [0.1, 0.15) is 38.7 Å².